The van der Waals surface area contributed by atoms with E-state index in [1.165, 1.54) is 0 Å². The molecule has 2 rings (SSSR count). The number of hydrogen-bond acceptors (Lipinski definition) is 4. The van der Waals surface area contributed by atoms with Gasteiger partial charge in [-0.1, -0.05) is 13.0 Å². The second kappa shape index (κ2) is 6.49. The Kier molecular flexibility index (Phi) is 4.70. The third-order valence-corrected chi connectivity index (χ3v) is 3.60. The fourth-order valence-electron chi connectivity index (χ4n) is 2.00. The lowest BCUT2D eigenvalue weighted by molar-refractivity contribution is 0.0881. The average Bonchev–Trinajstić information content (AvgIpc) is 3.02. The van der Waals surface area contributed by atoms with E-state index in [-0.39, 0.29) is 12.5 Å². The van der Waals surface area contributed by atoms with Gasteiger partial charge in [0.2, 0.25) is 0 Å². The zero-order valence-electron chi connectivity index (χ0n) is 12.3. The van der Waals surface area contributed by atoms with Gasteiger partial charge in [-0.3, -0.25) is 9.36 Å². The van der Waals surface area contributed by atoms with Crippen molar-refractivity contribution in [3.63, 3.8) is 0 Å². The van der Waals surface area contributed by atoms with E-state index in [0.29, 0.717) is 17.9 Å². The predicted molar refractivity (Wildman–Crippen MR) is 79.2 cm³/mol. The minimum absolute atomic E-state index is 0.0348. The summed E-state index contributed by atoms with van der Waals surface area (Å²) in [5, 5.41) is 12.1. The highest BCUT2D eigenvalue weighted by atomic mass is 16.3. The summed E-state index contributed by atoms with van der Waals surface area (Å²) in [4.78, 5) is 20.6. The fourth-order valence-corrected chi connectivity index (χ4v) is 2.00. The number of hydrogen-bond donors (Lipinski definition) is 2. The minimum Gasteiger partial charge on any atom is -0.396 e. The van der Waals surface area contributed by atoms with Crippen LogP contribution in [-0.4, -0.2) is 37.7 Å². The molecule has 6 heteroatoms. The van der Waals surface area contributed by atoms with Crippen LogP contribution in [0.5, 0.6) is 0 Å². The Hall–Kier alpha value is -2.21. The van der Waals surface area contributed by atoms with Crippen LogP contribution in [0.3, 0.4) is 0 Å². The van der Waals surface area contributed by atoms with E-state index in [0.717, 1.165) is 6.42 Å². The number of carbonyl (C=O) groups is 1. The van der Waals surface area contributed by atoms with Crippen molar-refractivity contribution >= 4 is 5.91 Å². The lowest BCUT2D eigenvalue weighted by Gasteiger charge is -2.28. The molecule has 0 aliphatic carbocycles. The van der Waals surface area contributed by atoms with Gasteiger partial charge < -0.3 is 10.4 Å². The van der Waals surface area contributed by atoms with Gasteiger partial charge in [-0.2, -0.15) is 0 Å². The van der Waals surface area contributed by atoms with E-state index in [1.54, 1.807) is 35.4 Å². The van der Waals surface area contributed by atoms with E-state index in [9.17, 15) is 4.79 Å². The number of pyridine rings is 1. The molecule has 0 saturated carbocycles. The monoisotopic (exact) mass is 288 g/mol. The topological polar surface area (TPSA) is 80.0 Å². The summed E-state index contributed by atoms with van der Waals surface area (Å²) in [6.07, 6.45) is 6.30. The molecule has 0 saturated heterocycles. The molecule has 1 amide bonds. The Balaban J connectivity index is 2.18. The molecule has 2 aromatic rings. The molecule has 0 aliphatic rings. The van der Waals surface area contributed by atoms with Gasteiger partial charge in [0, 0.05) is 24.5 Å². The summed E-state index contributed by atoms with van der Waals surface area (Å²) < 4.78 is 1.74. The van der Waals surface area contributed by atoms with Crippen molar-refractivity contribution in [1.29, 1.82) is 0 Å². The molecule has 0 aliphatic heterocycles. The maximum absolute atomic E-state index is 12.3. The standard InChI is InChI=1S/C15H20N4O2/c1-3-15(2,7-10-20)18-14(21)12-5-4-6-13(17-12)19-9-8-16-11-19/h4-6,8-9,11,20H,3,7,10H2,1-2H3,(H,18,21). The highest BCUT2D eigenvalue weighted by Crippen LogP contribution is 2.15. The Labute approximate surface area is 123 Å². The molecule has 0 spiro atoms. The fraction of sp³-hybridized carbons (Fsp3) is 0.400. The van der Waals surface area contributed by atoms with Crippen LogP contribution in [0.15, 0.2) is 36.9 Å². The number of nitrogens with zero attached hydrogens (tertiary/aromatic N) is 3. The first kappa shape index (κ1) is 15.2. The van der Waals surface area contributed by atoms with Crippen LogP contribution in [0.4, 0.5) is 0 Å². The molecule has 1 atom stereocenters. The highest BCUT2D eigenvalue weighted by Gasteiger charge is 2.24. The first-order valence-corrected chi connectivity index (χ1v) is 6.97. The molecule has 0 fully saturated rings. The zero-order valence-corrected chi connectivity index (χ0v) is 12.3. The second-order valence-electron chi connectivity index (χ2n) is 5.19. The van der Waals surface area contributed by atoms with E-state index in [1.807, 2.05) is 19.9 Å². The van der Waals surface area contributed by atoms with E-state index in [2.05, 4.69) is 15.3 Å². The largest absolute Gasteiger partial charge is 0.396 e. The van der Waals surface area contributed by atoms with Crippen molar-refractivity contribution < 1.29 is 9.90 Å². The summed E-state index contributed by atoms with van der Waals surface area (Å²) in [7, 11) is 0. The lowest BCUT2D eigenvalue weighted by Crippen LogP contribution is -2.46. The van der Waals surface area contributed by atoms with Crippen molar-refractivity contribution in [2.45, 2.75) is 32.2 Å². The molecule has 6 nitrogen and oxygen atoms in total. The first-order valence-electron chi connectivity index (χ1n) is 6.97. The number of carbonyl (C=O) groups excluding carboxylic acids is 1. The minimum atomic E-state index is -0.432. The van der Waals surface area contributed by atoms with Crippen LogP contribution in [0.1, 0.15) is 37.2 Å². The molecule has 1 unspecified atom stereocenters. The lowest BCUT2D eigenvalue weighted by atomic mass is 9.94. The van der Waals surface area contributed by atoms with Crippen LogP contribution in [-0.2, 0) is 0 Å². The maximum Gasteiger partial charge on any atom is 0.270 e. The summed E-state index contributed by atoms with van der Waals surface area (Å²) in [6, 6.07) is 5.27. The molecule has 2 N–H and O–H groups in total. The Bertz CT molecular complexity index is 597. The van der Waals surface area contributed by atoms with Crippen molar-refractivity contribution in [1.82, 2.24) is 19.9 Å². The third kappa shape index (κ3) is 3.66. The van der Waals surface area contributed by atoms with Gasteiger partial charge in [0.25, 0.3) is 5.91 Å². The molecule has 0 radical (unpaired) electrons. The van der Waals surface area contributed by atoms with Crippen molar-refractivity contribution in [3.8, 4) is 5.82 Å². The third-order valence-electron chi connectivity index (χ3n) is 3.60. The quantitative estimate of drug-likeness (QED) is 0.845. The second-order valence-corrected chi connectivity index (χ2v) is 5.19. The Morgan fingerprint density at radius 2 is 2.29 bits per heavy atom. The van der Waals surface area contributed by atoms with E-state index >= 15 is 0 Å². The SMILES string of the molecule is CCC(C)(CCO)NC(=O)c1cccc(-n2ccnc2)n1. The average molecular weight is 288 g/mol. The first-order chi connectivity index (χ1) is 10.1. The van der Waals surface area contributed by atoms with Crippen LogP contribution >= 0.6 is 0 Å². The molecule has 0 aromatic carbocycles. The molecule has 2 aromatic heterocycles. The van der Waals surface area contributed by atoms with Crippen molar-refractivity contribution in [2.24, 2.45) is 0 Å². The van der Waals surface area contributed by atoms with Gasteiger partial charge in [0.05, 0.1) is 0 Å². The molecule has 112 valence electrons. The number of aliphatic hydroxyl groups excluding tert-OH is 1. The summed E-state index contributed by atoms with van der Waals surface area (Å²) in [6.45, 7) is 3.93. The Morgan fingerprint density at radius 1 is 1.48 bits per heavy atom. The van der Waals surface area contributed by atoms with E-state index in [4.69, 9.17) is 5.11 Å². The smallest absolute Gasteiger partial charge is 0.270 e. The number of nitrogens with one attached hydrogen (secondary N) is 1. The molecular weight excluding hydrogens is 268 g/mol. The number of imidazole rings is 1. The van der Waals surface area contributed by atoms with Crippen LogP contribution in [0.25, 0.3) is 5.82 Å². The van der Waals surface area contributed by atoms with Crippen LogP contribution in [0, 0.1) is 0 Å². The predicted octanol–water partition coefficient (Wildman–Crippen LogP) is 1.55. The van der Waals surface area contributed by atoms with Crippen molar-refractivity contribution in [2.75, 3.05) is 6.61 Å². The molecule has 21 heavy (non-hydrogen) atoms. The van der Waals surface area contributed by atoms with Gasteiger partial charge in [0.1, 0.15) is 17.8 Å². The molecular formula is C15H20N4O2. The van der Waals surface area contributed by atoms with Crippen molar-refractivity contribution in [3.05, 3.63) is 42.6 Å². The number of amides is 1. The van der Waals surface area contributed by atoms with Crippen LogP contribution in [0.2, 0.25) is 0 Å². The zero-order chi connectivity index (χ0) is 15.3. The number of aliphatic hydroxyl groups is 1. The highest BCUT2D eigenvalue weighted by molar-refractivity contribution is 5.92. The van der Waals surface area contributed by atoms with Gasteiger partial charge in [-0.05, 0) is 31.9 Å². The molecule has 0 bridgehead atoms. The van der Waals surface area contributed by atoms with Gasteiger partial charge in [-0.15, -0.1) is 0 Å². The van der Waals surface area contributed by atoms with E-state index < -0.39 is 5.54 Å². The van der Waals surface area contributed by atoms with Gasteiger partial charge in [0.15, 0.2) is 0 Å². The Morgan fingerprint density at radius 3 is 2.90 bits per heavy atom. The van der Waals surface area contributed by atoms with Gasteiger partial charge in [-0.25, -0.2) is 9.97 Å². The summed E-state index contributed by atoms with van der Waals surface area (Å²) in [5.41, 5.74) is -0.0859. The maximum atomic E-state index is 12.3. The normalized spacial score (nSPS) is 13.7. The number of aromatic nitrogens is 3. The molecule has 2 heterocycles. The summed E-state index contributed by atoms with van der Waals surface area (Å²) in [5.74, 6) is 0.398. The number of rotatable bonds is 6. The summed E-state index contributed by atoms with van der Waals surface area (Å²) >= 11 is 0. The van der Waals surface area contributed by atoms with Crippen LogP contribution < -0.4 is 5.32 Å². The van der Waals surface area contributed by atoms with Gasteiger partial charge >= 0.3 is 0 Å².